The van der Waals surface area contributed by atoms with E-state index < -0.39 is 0 Å². The molecule has 1 atom stereocenters. The lowest BCUT2D eigenvalue weighted by Gasteiger charge is -2.29. The van der Waals surface area contributed by atoms with Crippen molar-refractivity contribution < 1.29 is 17.3 Å². The van der Waals surface area contributed by atoms with Gasteiger partial charge in [-0.3, -0.25) is 9.80 Å². The summed E-state index contributed by atoms with van der Waals surface area (Å²) in [6, 6.07) is 13.7. The highest BCUT2D eigenvalue weighted by atomic mass is 35.5. The molecule has 0 fully saturated rings. The summed E-state index contributed by atoms with van der Waals surface area (Å²) < 4.78 is 0. The van der Waals surface area contributed by atoms with Gasteiger partial charge in [0, 0.05) is 18.1 Å². The molecule has 1 unspecified atom stereocenters. The fourth-order valence-electron chi connectivity index (χ4n) is 5.12. The molecule has 2 aromatic carbocycles. The van der Waals surface area contributed by atoms with Crippen LogP contribution >= 0.6 is 11.6 Å². The van der Waals surface area contributed by atoms with Gasteiger partial charge >= 0.3 is 0 Å². The third-order valence-electron chi connectivity index (χ3n) is 6.94. The number of quaternary nitrogens is 1. The Labute approximate surface area is 213 Å². The van der Waals surface area contributed by atoms with E-state index in [0.29, 0.717) is 29.6 Å². The molecule has 0 aliphatic carbocycles. The summed E-state index contributed by atoms with van der Waals surface area (Å²) in [7, 11) is 0. The van der Waals surface area contributed by atoms with Crippen LogP contribution in [0.4, 0.5) is 11.4 Å². The van der Waals surface area contributed by atoms with Gasteiger partial charge in [0.1, 0.15) is 11.4 Å². The SMILES string of the molecule is CC1=C(CCl)N(c2c(C(C)C)cccc2C(C)C)C[NH+]1c1c(C(C)C)cccc1C(C)C.[Cl-]. The number of halogens is 2. The first kappa shape index (κ1) is 27.8. The molecular weight excluding hydrogens is 447 g/mol. The molecule has 0 saturated carbocycles. The average Bonchev–Trinajstić information content (AvgIpc) is 3.07. The average molecular weight is 490 g/mol. The largest absolute Gasteiger partial charge is 1.00 e. The van der Waals surface area contributed by atoms with Gasteiger partial charge < -0.3 is 12.4 Å². The number of allylic oxidation sites excluding steroid dienone is 2. The van der Waals surface area contributed by atoms with Crippen molar-refractivity contribution in [3.05, 3.63) is 70.0 Å². The van der Waals surface area contributed by atoms with Gasteiger partial charge in [-0.1, -0.05) is 91.8 Å². The van der Waals surface area contributed by atoms with E-state index in [1.807, 2.05) is 0 Å². The summed E-state index contributed by atoms with van der Waals surface area (Å²) in [5, 5.41) is 0. The molecule has 4 heteroatoms. The van der Waals surface area contributed by atoms with Gasteiger partial charge in [0.15, 0.2) is 6.67 Å². The summed E-state index contributed by atoms with van der Waals surface area (Å²) in [5.41, 5.74) is 11.1. The molecule has 0 spiro atoms. The lowest BCUT2D eigenvalue weighted by molar-refractivity contribution is -0.783. The van der Waals surface area contributed by atoms with Crippen molar-refractivity contribution in [2.45, 2.75) is 86.0 Å². The van der Waals surface area contributed by atoms with Gasteiger partial charge in [0.05, 0.1) is 17.3 Å². The Morgan fingerprint density at radius 3 is 1.52 bits per heavy atom. The van der Waals surface area contributed by atoms with E-state index in [-0.39, 0.29) is 12.4 Å². The maximum atomic E-state index is 6.66. The summed E-state index contributed by atoms with van der Waals surface area (Å²) in [4.78, 5) is 3.98. The molecule has 3 rings (SSSR count). The minimum absolute atomic E-state index is 0. The van der Waals surface area contributed by atoms with Gasteiger partial charge in [0.2, 0.25) is 0 Å². The second kappa shape index (κ2) is 11.3. The molecule has 182 valence electrons. The molecule has 0 radical (unpaired) electrons. The molecule has 33 heavy (non-hydrogen) atoms. The fraction of sp³-hybridized carbons (Fsp3) is 0.517. The van der Waals surface area contributed by atoms with Crippen LogP contribution in [0.1, 0.15) is 108 Å². The number of hydrogen-bond acceptors (Lipinski definition) is 1. The first-order chi connectivity index (χ1) is 15.1. The molecule has 1 aliphatic rings. The smallest absolute Gasteiger partial charge is 0.166 e. The van der Waals surface area contributed by atoms with Crippen LogP contribution in [-0.4, -0.2) is 12.5 Å². The zero-order valence-corrected chi connectivity index (χ0v) is 23.4. The Morgan fingerprint density at radius 1 is 0.758 bits per heavy atom. The Morgan fingerprint density at radius 2 is 1.15 bits per heavy atom. The standard InChI is InChI=1S/C29H41ClN2.ClH/c1-18(2)23-12-10-13-24(19(3)4)28(23)31-17-32(27(16-30)22(31)9)29-25(20(5)6)14-11-15-26(29)21(7)8;/h10-15,18-21H,16-17H2,1-9H3;1H. The second-order valence-corrected chi connectivity index (χ2v) is 10.8. The molecule has 2 aromatic rings. The van der Waals surface area contributed by atoms with E-state index in [0.717, 1.165) is 6.67 Å². The van der Waals surface area contributed by atoms with Gasteiger partial charge in [-0.15, -0.1) is 11.6 Å². The van der Waals surface area contributed by atoms with Crippen LogP contribution in [0.3, 0.4) is 0 Å². The Bertz CT molecular complexity index is 937. The molecule has 1 heterocycles. The van der Waals surface area contributed by atoms with Crippen LogP contribution in [0.5, 0.6) is 0 Å². The first-order valence-corrected chi connectivity index (χ1v) is 12.8. The quantitative estimate of drug-likeness (QED) is 0.557. The number of nitrogens with one attached hydrogen (secondary N) is 1. The maximum absolute atomic E-state index is 6.66. The highest BCUT2D eigenvalue weighted by Crippen LogP contribution is 2.39. The second-order valence-electron chi connectivity index (χ2n) is 10.5. The van der Waals surface area contributed by atoms with Crippen molar-refractivity contribution in [1.82, 2.24) is 0 Å². The molecule has 0 bridgehead atoms. The summed E-state index contributed by atoms with van der Waals surface area (Å²) >= 11 is 6.66. The van der Waals surface area contributed by atoms with E-state index in [9.17, 15) is 0 Å². The number of hydrogen-bond donors (Lipinski definition) is 1. The van der Waals surface area contributed by atoms with Gasteiger partial charge in [-0.05, 0) is 34.8 Å². The van der Waals surface area contributed by atoms with Crippen LogP contribution in [0.15, 0.2) is 47.8 Å². The zero-order valence-electron chi connectivity index (χ0n) is 21.9. The van der Waals surface area contributed by atoms with Crippen LogP contribution in [-0.2, 0) is 0 Å². The molecule has 0 saturated heterocycles. The van der Waals surface area contributed by atoms with Crippen molar-refractivity contribution in [1.29, 1.82) is 0 Å². The third-order valence-corrected chi connectivity index (χ3v) is 7.19. The van der Waals surface area contributed by atoms with E-state index in [4.69, 9.17) is 11.6 Å². The third kappa shape index (κ3) is 5.29. The van der Waals surface area contributed by atoms with Crippen molar-refractivity contribution in [3.8, 4) is 0 Å². The van der Waals surface area contributed by atoms with Crippen LogP contribution in [0.2, 0.25) is 0 Å². The van der Waals surface area contributed by atoms with Crippen LogP contribution in [0, 0.1) is 0 Å². The lowest BCUT2D eigenvalue weighted by atomic mass is 9.91. The predicted molar refractivity (Wildman–Crippen MR) is 141 cm³/mol. The summed E-state index contributed by atoms with van der Waals surface area (Å²) in [6.45, 7) is 21.6. The summed E-state index contributed by atoms with van der Waals surface area (Å²) in [5.74, 6) is 2.40. The van der Waals surface area contributed by atoms with Crippen molar-refractivity contribution >= 4 is 23.0 Å². The fourth-order valence-corrected chi connectivity index (χ4v) is 5.47. The van der Waals surface area contributed by atoms with E-state index in [1.54, 1.807) is 0 Å². The van der Waals surface area contributed by atoms with Crippen molar-refractivity contribution in [2.75, 3.05) is 17.4 Å². The number of para-hydroxylation sites is 2. The van der Waals surface area contributed by atoms with Crippen LogP contribution < -0.4 is 22.2 Å². The zero-order chi connectivity index (χ0) is 23.7. The Balaban J connectivity index is 0.00000385. The molecule has 1 N–H and O–H groups in total. The normalized spacial score (nSPS) is 16.5. The summed E-state index contributed by atoms with van der Waals surface area (Å²) in [6.07, 6.45) is 0. The number of anilines is 1. The molecule has 1 aliphatic heterocycles. The lowest BCUT2D eigenvalue weighted by Crippen LogP contribution is -3.05. The van der Waals surface area contributed by atoms with Crippen LogP contribution in [0.25, 0.3) is 0 Å². The monoisotopic (exact) mass is 488 g/mol. The number of alkyl halides is 1. The van der Waals surface area contributed by atoms with Gasteiger partial charge in [-0.2, -0.15) is 0 Å². The predicted octanol–water partition coefficient (Wildman–Crippen LogP) is 4.65. The topological polar surface area (TPSA) is 7.68 Å². The highest BCUT2D eigenvalue weighted by molar-refractivity contribution is 6.19. The molecular formula is C29H42Cl2N2. The van der Waals surface area contributed by atoms with Gasteiger partial charge in [-0.25, -0.2) is 0 Å². The van der Waals surface area contributed by atoms with Crippen molar-refractivity contribution in [3.63, 3.8) is 0 Å². The first-order valence-electron chi connectivity index (χ1n) is 12.2. The Hall–Kier alpha value is -1.48. The minimum atomic E-state index is 0. The van der Waals surface area contributed by atoms with E-state index in [1.165, 1.54) is 49.9 Å². The molecule has 0 aromatic heterocycles. The van der Waals surface area contributed by atoms with E-state index in [2.05, 4.69) is 104 Å². The maximum Gasteiger partial charge on any atom is 0.166 e. The number of benzene rings is 2. The van der Waals surface area contributed by atoms with E-state index >= 15 is 0 Å². The minimum Gasteiger partial charge on any atom is -1.00 e. The molecule has 0 amide bonds. The highest BCUT2D eigenvalue weighted by Gasteiger charge is 2.38. The Kier molecular flexibility index (Phi) is 9.50. The number of rotatable bonds is 7. The molecule has 2 nitrogen and oxygen atoms in total. The van der Waals surface area contributed by atoms with Gasteiger partial charge in [0.25, 0.3) is 0 Å². The number of nitrogens with zero attached hydrogens (tertiary/aromatic N) is 1. The van der Waals surface area contributed by atoms with Crippen molar-refractivity contribution in [2.24, 2.45) is 0 Å².